The van der Waals surface area contributed by atoms with Crippen molar-refractivity contribution in [2.45, 2.75) is 25.2 Å². The molecule has 0 saturated heterocycles. The molecule has 15 heavy (non-hydrogen) atoms. The third kappa shape index (κ3) is 1.46. The Labute approximate surface area is 105 Å². The van der Waals surface area contributed by atoms with Crippen LogP contribution in [-0.4, -0.2) is 9.38 Å². The van der Waals surface area contributed by atoms with Gasteiger partial charge in [0.2, 0.25) is 0 Å². The molecule has 0 aromatic carbocycles. The predicted molar refractivity (Wildman–Crippen MR) is 67.2 cm³/mol. The van der Waals surface area contributed by atoms with Crippen molar-refractivity contribution in [1.82, 2.24) is 9.38 Å². The van der Waals surface area contributed by atoms with Crippen LogP contribution in [0.5, 0.6) is 0 Å². The Morgan fingerprint density at radius 3 is 2.73 bits per heavy atom. The van der Waals surface area contributed by atoms with E-state index in [9.17, 15) is 0 Å². The third-order valence-corrected chi connectivity index (χ3v) is 4.27. The fourth-order valence-corrected chi connectivity index (χ4v) is 3.04. The molecule has 0 N–H and O–H groups in total. The summed E-state index contributed by atoms with van der Waals surface area (Å²) >= 11 is 7.11. The Bertz CT molecular complexity index is 515. The van der Waals surface area contributed by atoms with E-state index < -0.39 is 0 Å². The van der Waals surface area contributed by atoms with Crippen molar-refractivity contribution in [3.05, 3.63) is 33.2 Å². The fraction of sp³-hybridized carbons (Fsp3) is 0.364. The molecule has 1 aliphatic carbocycles. The van der Waals surface area contributed by atoms with Crippen molar-refractivity contribution in [1.29, 1.82) is 0 Å². The molecule has 0 unspecified atom stereocenters. The smallest absolute Gasteiger partial charge is 0.132 e. The molecular formula is C11H10Br2N2. The first-order chi connectivity index (χ1) is 7.27. The van der Waals surface area contributed by atoms with E-state index in [1.807, 2.05) is 6.07 Å². The standard InChI is InChI=1S/C11H10Br2N2/c12-9-6-2-5-8-10(13)14-11(15(8)9)7-3-1-4-7/h2,5-7H,1,3-4H2. The van der Waals surface area contributed by atoms with Gasteiger partial charge in [-0.3, -0.25) is 4.40 Å². The lowest BCUT2D eigenvalue weighted by molar-refractivity contribution is 0.399. The molecule has 4 heteroatoms. The number of rotatable bonds is 1. The molecule has 0 amide bonds. The summed E-state index contributed by atoms with van der Waals surface area (Å²) in [6.45, 7) is 0. The molecule has 3 rings (SSSR count). The zero-order valence-electron chi connectivity index (χ0n) is 8.08. The van der Waals surface area contributed by atoms with E-state index in [-0.39, 0.29) is 0 Å². The van der Waals surface area contributed by atoms with E-state index in [0.717, 1.165) is 14.7 Å². The van der Waals surface area contributed by atoms with Crippen molar-refractivity contribution < 1.29 is 0 Å². The Morgan fingerprint density at radius 1 is 1.27 bits per heavy atom. The van der Waals surface area contributed by atoms with Crippen molar-refractivity contribution in [2.75, 3.05) is 0 Å². The summed E-state index contributed by atoms with van der Waals surface area (Å²) < 4.78 is 4.24. The highest BCUT2D eigenvalue weighted by Crippen LogP contribution is 2.38. The van der Waals surface area contributed by atoms with E-state index in [4.69, 9.17) is 0 Å². The first-order valence-electron chi connectivity index (χ1n) is 5.10. The van der Waals surface area contributed by atoms with Crippen LogP contribution in [0.3, 0.4) is 0 Å². The lowest BCUT2D eigenvalue weighted by Crippen LogP contribution is -2.12. The summed E-state index contributed by atoms with van der Waals surface area (Å²) in [5.41, 5.74) is 1.14. The summed E-state index contributed by atoms with van der Waals surface area (Å²) in [7, 11) is 0. The molecule has 0 radical (unpaired) electrons. The minimum atomic E-state index is 0.641. The quantitative estimate of drug-likeness (QED) is 0.719. The van der Waals surface area contributed by atoms with Crippen molar-refractivity contribution in [3.8, 4) is 0 Å². The molecule has 1 aliphatic rings. The lowest BCUT2D eigenvalue weighted by atomic mass is 9.85. The number of aromatic nitrogens is 2. The number of fused-ring (bicyclic) bond motifs is 1. The number of halogens is 2. The Hall–Kier alpha value is -0.350. The molecule has 2 nitrogen and oxygen atoms in total. The summed E-state index contributed by atoms with van der Waals surface area (Å²) in [4.78, 5) is 4.62. The first-order valence-corrected chi connectivity index (χ1v) is 6.68. The van der Waals surface area contributed by atoms with Crippen LogP contribution < -0.4 is 0 Å². The molecule has 2 aromatic rings. The highest BCUT2D eigenvalue weighted by Gasteiger charge is 2.25. The van der Waals surface area contributed by atoms with Crippen molar-refractivity contribution in [3.63, 3.8) is 0 Å². The number of imidazole rings is 1. The monoisotopic (exact) mass is 328 g/mol. The maximum absolute atomic E-state index is 4.62. The molecule has 2 aromatic heterocycles. The molecule has 0 aliphatic heterocycles. The normalized spacial score (nSPS) is 16.9. The minimum absolute atomic E-state index is 0.641. The molecule has 1 saturated carbocycles. The van der Waals surface area contributed by atoms with Crippen LogP contribution in [0.2, 0.25) is 0 Å². The second kappa shape index (κ2) is 3.59. The van der Waals surface area contributed by atoms with Gasteiger partial charge in [0.05, 0.1) is 10.1 Å². The maximum Gasteiger partial charge on any atom is 0.132 e. The molecule has 78 valence electrons. The van der Waals surface area contributed by atoms with Crippen LogP contribution >= 0.6 is 31.9 Å². The zero-order chi connectivity index (χ0) is 10.4. The molecule has 0 bridgehead atoms. The Balaban J connectivity index is 2.29. The topological polar surface area (TPSA) is 17.3 Å². The average molecular weight is 330 g/mol. The molecule has 1 fully saturated rings. The van der Waals surface area contributed by atoms with Gasteiger partial charge in [0.25, 0.3) is 0 Å². The number of hydrogen-bond donors (Lipinski definition) is 0. The summed E-state index contributed by atoms with van der Waals surface area (Å²) in [5.74, 6) is 1.83. The van der Waals surface area contributed by atoms with Gasteiger partial charge in [0, 0.05) is 5.92 Å². The third-order valence-electron chi connectivity index (χ3n) is 3.07. The fourth-order valence-electron chi connectivity index (χ4n) is 2.02. The second-order valence-electron chi connectivity index (χ2n) is 3.96. The number of pyridine rings is 1. The summed E-state index contributed by atoms with van der Waals surface area (Å²) in [6.07, 6.45) is 3.88. The van der Waals surface area contributed by atoms with Gasteiger partial charge < -0.3 is 0 Å². The van der Waals surface area contributed by atoms with Crippen molar-refractivity contribution in [2.24, 2.45) is 0 Å². The van der Waals surface area contributed by atoms with Gasteiger partial charge in [0.15, 0.2) is 0 Å². The Morgan fingerprint density at radius 2 is 2.07 bits per heavy atom. The molecular weight excluding hydrogens is 320 g/mol. The van der Waals surface area contributed by atoms with Crippen LogP contribution in [0, 0.1) is 0 Å². The second-order valence-corrected chi connectivity index (χ2v) is 5.52. The van der Waals surface area contributed by atoms with Gasteiger partial charge in [0.1, 0.15) is 10.4 Å². The number of nitrogens with zero attached hydrogens (tertiary/aromatic N) is 2. The summed E-state index contributed by atoms with van der Waals surface area (Å²) in [6, 6.07) is 6.18. The first kappa shape index (κ1) is 9.85. The molecule has 0 spiro atoms. The van der Waals surface area contributed by atoms with Crippen LogP contribution in [0.25, 0.3) is 5.52 Å². The van der Waals surface area contributed by atoms with Crippen molar-refractivity contribution >= 4 is 37.4 Å². The van der Waals surface area contributed by atoms with E-state index in [1.165, 1.54) is 25.1 Å². The van der Waals surface area contributed by atoms with Gasteiger partial charge in [-0.05, 0) is 56.8 Å². The van der Waals surface area contributed by atoms with Crippen LogP contribution in [0.4, 0.5) is 0 Å². The van der Waals surface area contributed by atoms with Gasteiger partial charge in [-0.1, -0.05) is 12.5 Å². The largest absolute Gasteiger partial charge is 0.289 e. The Kier molecular flexibility index (Phi) is 2.36. The number of hydrogen-bond acceptors (Lipinski definition) is 1. The van der Waals surface area contributed by atoms with E-state index in [2.05, 4.69) is 53.4 Å². The highest BCUT2D eigenvalue weighted by atomic mass is 79.9. The van der Waals surface area contributed by atoms with Gasteiger partial charge in [-0.2, -0.15) is 0 Å². The maximum atomic E-state index is 4.62. The van der Waals surface area contributed by atoms with Crippen LogP contribution in [0.15, 0.2) is 27.4 Å². The predicted octanol–water partition coefficient (Wildman–Crippen LogP) is 4.13. The van der Waals surface area contributed by atoms with E-state index >= 15 is 0 Å². The average Bonchev–Trinajstić information content (AvgIpc) is 2.43. The van der Waals surface area contributed by atoms with Gasteiger partial charge in [-0.15, -0.1) is 0 Å². The lowest BCUT2D eigenvalue weighted by Gasteiger charge is -2.24. The van der Waals surface area contributed by atoms with Crippen LogP contribution in [-0.2, 0) is 0 Å². The molecule has 0 atom stereocenters. The van der Waals surface area contributed by atoms with E-state index in [1.54, 1.807) is 0 Å². The van der Waals surface area contributed by atoms with Gasteiger partial charge >= 0.3 is 0 Å². The minimum Gasteiger partial charge on any atom is -0.289 e. The molecule has 2 heterocycles. The SMILES string of the molecule is Brc1nc(C2CCC2)n2c(Br)cccc12. The van der Waals surface area contributed by atoms with E-state index in [0.29, 0.717) is 5.92 Å². The summed E-state index contributed by atoms with van der Waals surface area (Å²) in [5, 5.41) is 0. The van der Waals surface area contributed by atoms with Gasteiger partial charge in [-0.25, -0.2) is 4.98 Å². The zero-order valence-corrected chi connectivity index (χ0v) is 11.3. The van der Waals surface area contributed by atoms with Crippen LogP contribution in [0.1, 0.15) is 31.0 Å². The highest BCUT2D eigenvalue weighted by molar-refractivity contribution is 9.11.